The molecule has 0 spiro atoms. The minimum absolute atomic E-state index is 0.0465. The van der Waals surface area contributed by atoms with Gasteiger partial charge in [-0.1, -0.05) is 32.1 Å². The Morgan fingerprint density at radius 1 is 1.10 bits per heavy atom. The summed E-state index contributed by atoms with van der Waals surface area (Å²) in [5, 5.41) is 1.25. The van der Waals surface area contributed by atoms with Gasteiger partial charge in [-0.3, -0.25) is 9.59 Å². The van der Waals surface area contributed by atoms with E-state index in [0.29, 0.717) is 23.1 Å². The van der Waals surface area contributed by atoms with Crippen LogP contribution in [0.5, 0.6) is 5.75 Å². The van der Waals surface area contributed by atoms with Crippen molar-refractivity contribution in [2.24, 2.45) is 0 Å². The fraction of sp³-hybridized carbons (Fsp3) is 0.292. The quantitative estimate of drug-likeness (QED) is 0.270. The lowest BCUT2D eigenvalue weighted by Gasteiger charge is -2.22. The Bertz CT molecular complexity index is 1150. The number of amides is 1. The highest BCUT2D eigenvalue weighted by Crippen LogP contribution is 2.27. The molecular weight excluding hydrogens is 414 g/mol. The molecule has 0 aliphatic rings. The van der Waals surface area contributed by atoms with Gasteiger partial charge in [-0.05, 0) is 36.8 Å². The molecule has 7 heteroatoms. The van der Waals surface area contributed by atoms with Gasteiger partial charge in [-0.2, -0.15) is 0 Å². The van der Waals surface area contributed by atoms with Crippen molar-refractivity contribution in [1.82, 2.24) is 4.90 Å². The van der Waals surface area contributed by atoms with Crippen molar-refractivity contribution in [3.8, 4) is 5.75 Å². The zero-order valence-electron chi connectivity index (χ0n) is 17.5. The minimum Gasteiger partial charge on any atom is -0.484 e. The molecule has 0 aliphatic carbocycles. The molecular formula is C24H25NO5S. The maximum Gasteiger partial charge on any atom is 0.330 e. The van der Waals surface area contributed by atoms with Crippen LogP contribution in [-0.2, 0) is 14.3 Å². The van der Waals surface area contributed by atoms with Crippen LogP contribution in [0.4, 0.5) is 0 Å². The lowest BCUT2D eigenvalue weighted by molar-refractivity contribution is -0.141. The molecule has 1 amide bonds. The van der Waals surface area contributed by atoms with Crippen LogP contribution in [0, 0.1) is 0 Å². The summed E-state index contributed by atoms with van der Waals surface area (Å²) < 4.78 is 12.5. The molecule has 1 aromatic heterocycles. The molecule has 31 heavy (non-hydrogen) atoms. The number of benzene rings is 2. The normalized spacial score (nSPS) is 10.7. The first kappa shape index (κ1) is 22.5. The first-order chi connectivity index (χ1) is 15.0. The molecule has 3 aromatic rings. The van der Waals surface area contributed by atoms with E-state index in [-0.39, 0.29) is 31.1 Å². The van der Waals surface area contributed by atoms with Crippen molar-refractivity contribution in [1.29, 1.82) is 0 Å². The Kier molecular flexibility index (Phi) is 7.78. The summed E-state index contributed by atoms with van der Waals surface area (Å²) in [6, 6.07) is 12.8. The molecule has 0 radical (unpaired) electrons. The maximum atomic E-state index is 12.8. The van der Waals surface area contributed by atoms with Gasteiger partial charge in [0, 0.05) is 32.8 Å². The van der Waals surface area contributed by atoms with Gasteiger partial charge in [0.25, 0.3) is 5.91 Å². The van der Waals surface area contributed by atoms with Crippen molar-refractivity contribution < 1.29 is 19.1 Å². The second kappa shape index (κ2) is 10.7. The Morgan fingerprint density at radius 3 is 2.65 bits per heavy atom. The standard InChI is InChI=1S/C24H25NO5S/c1-3-5-12-25(13-14-29-23(27)4-2)22(26)16-30-17-10-11-21-19(15-17)24(28)18-8-6-7-9-20(18)31-21/h4,6-11,15H,2-3,5,12-14,16H2,1H3. The number of esters is 1. The van der Waals surface area contributed by atoms with E-state index < -0.39 is 5.97 Å². The van der Waals surface area contributed by atoms with Gasteiger partial charge in [0.15, 0.2) is 12.0 Å². The lowest BCUT2D eigenvalue weighted by atomic mass is 10.2. The van der Waals surface area contributed by atoms with E-state index in [1.807, 2.05) is 37.3 Å². The van der Waals surface area contributed by atoms with Gasteiger partial charge < -0.3 is 14.4 Å². The largest absolute Gasteiger partial charge is 0.484 e. The number of nitrogens with zero attached hydrogens (tertiary/aromatic N) is 1. The van der Waals surface area contributed by atoms with Gasteiger partial charge in [0.2, 0.25) is 0 Å². The van der Waals surface area contributed by atoms with E-state index >= 15 is 0 Å². The number of carbonyl (C=O) groups is 2. The van der Waals surface area contributed by atoms with Gasteiger partial charge in [0.1, 0.15) is 12.4 Å². The summed E-state index contributed by atoms with van der Waals surface area (Å²) in [6.07, 6.45) is 2.86. The zero-order valence-corrected chi connectivity index (χ0v) is 18.3. The molecule has 6 nitrogen and oxygen atoms in total. The maximum absolute atomic E-state index is 12.8. The van der Waals surface area contributed by atoms with Crippen molar-refractivity contribution in [2.45, 2.75) is 19.8 Å². The van der Waals surface area contributed by atoms with Crippen LogP contribution in [0.2, 0.25) is 0 Å². The smallest absolute Gasteiger partial charge is 0.330 e. The monoisotopic (exact) mass is 439 g/mol. The molecule has 0 unspecified atom stereocenters. The van der Waals surface area contributed by atoms with Crippen LogP contribution in [0.15, 0.2) is 59.9 Å². The third-order valence-electron chi connectivity index (χ3n) is 4.82. The van der Waals surface area contributed by atoms with Gasteiger partial charge in [-0.25, -0.2) is 4.79 Å². The molecule has 0 saturated carbocycles. The number of carbonyl (C=O) groups excluding carboxylic acids is 2. The summed E-state index contributed by atoms with van der Waals surface area (Å²) in [5.41, 5.74) is -0.0465. The van der Waals surface area contributed by atoms with Crippen molar-refractivity contribution in [3.63, 3.8) is 0 Å². The predicted octanol–water partition coefficient (Wildman–Crippen LogP) is 4.15. The van der Waals surface area contributed by atoms with E-state index in [4.69, 9.17) is 9.47 Å². The zero-order chi connectivity index (χ0) is 22.2. The van der Waals surface area contributed by atoms with Crippen LogP contribution in [0.3, 0.4) is 0 Å². The minimum atomic E-state index is -0.516. The summed E-state index contributed by atoms with van der Waals surface area (Å²) in [7, 11) is 0. The van der Waals surface area contributed by atoms with Crippen LogP contribution >= 0.6 is 11.3 Å². The van der Waals surface area contributed by atoms with Crippen LogP contribution in [0.25, 0.3) is 20.2 Å². The van der Waals surface area contributed by atoms with E-state index in [2.05, 4.69) is 6.58 Å². The van der Waals surface area contributed by atoms with Crippen LogP contribution < -0.4 is 10.2 Å². The fourth-order valence-corrected chi connectivity index (χ4v) is 4.19. The fourth-order valence-electron chi connectivity index (χ4n) is 3.13. The highest BCUT2D eigenvalue weighted by molar-refractivity contribution is 7.24. The molecule has 0 saturated heterocycles. The number of unbranched alkanes of at least 4 members (excludes halogenated alkanes) is 1. The molecule has 0 fully saturated rings. The Morgan fingerprint density at radius 2 is 1.87 bits per heavy atom. The third kappa shape index (κ3) is 5.70. The number of rotatable bonds is 10. The third-order valence-corrected chi connectivity index (χ3v) is 5.97. The molecule has 0 N–H and O–H groups in total. The van der Waals surface area contributed by atoms with E-state index in [1.54, 1.807) is 28.4 Å². The predicted molar refractivity (Wildman–Crippen MR) is 124 cm³/mol. The topological polar surface area (TPSA) is 72.9 Å². The average Bonchev–Trinajstić information content (AvgIpc) is 2.79. The highest BCUT2D eigenvalue weighted by Gasteiger charge is 2.15. The molecule has 162 valence electrons. The number of hydrogen-bond donors (Lipinski definition) is 0. The summed E-state index contributed by atoms with van der Waals surface area (Å²) >= 11 is 1.55. The highest BCUT2D eigenvalue weighted by atomic mass is 32.1. The molecule has 0 atom stereocenters. The second-order valence-corrected chi connectivity index (χ2v) is 8.06. The van der Waals surface area contributed by atoms with Crippen molar-refractivity contribution in [3.05, 3.63) is 65.3 Å². The number of fused-ring (bicyclic) bond motifs is 2. The van der Waals surface area contributed by atoms with Gasteiger partial charge in [-0.15, -0.1) is 11.3 Å². The van der Waals surface area contributed by atoms with Crippen molar-refractivity contribution >= 4 is 43.4 Å². The van der Waals surface area contributed by atoms with Gasteiger partial charge in [0.05, 0.1) is 6.54 Å². The van der Waals surface area contributed by atoms with E-state index in [1.165, 1.54) is 0 Å². The van der Waals surface area contributed by atoms with Gasteiger partial charge >= 0.3 is 5.97 Å². The second-order valence-electron chi connectivity index (χ2n) is 6.98. The first-order valence-corrected chi connectivity index (χ1v) is 11.0. The van der Waals surface area contributed by atoms with E-state index in [9.17, 15) is 14.4 Å². The summed E-state index contributed by atoms with van der Waals surface area (Å²) in [5.74, 6) is -0.252. The Labute approximate surface area is 184 Å². The SMILES string of the molecule is C=CC(=O)OCCN(CCCC)C(=O)COc1ccc2sc3ccccc3c(=O)c2c1. The molecule has 3 rings (SSSR count). The Balaban J connectivity index is 1.70. The molecule has 0 aliphatic heterocycles. The van der Waals surface area contributed by atoms with Crippen molar-refractivity contribution in [2.75, 3.05) is 26.3 Å². The molecule has 0 bridgehead atoms. The van der Waals surface area contributed by atoms with E-state index in [0.717, 1.165) is 28.3 Å². The summed E-state index contributed by atoms with van der Waals surface area (Å²) in [4.78, 5) is 38.3. The Hall–Kier alpha value is -3.19. The molecule has 2 aromatic carbocycles. The van der Waals surface area contributed by atoms with Crippen LogP contribution in [0.1, 0.15) is 19.8 Å². The van der Waals surface area contributed by atoms with Crippen LogP contribution in [-0.4, -0.2) is 43.1 Å². The number of ether oxygens (including phenoxy) is 2. The average molecular weight is 440 g/mol. The number of hydrogen-bond acceptors (Lipinski definition) is 6. The summed E-state index contributed by atoms with van der Waals surface area (Å²) in [6.45, 7) is 6.18. The first-order valence-electron chi connectivity index (χ1n) is 10.2. The lowest BCUT2D eigenvalue weighted by Crippen LogP contribution is -2.38. The molecule has 1 heterocycles.